The predicted octanol–water partition coefficient (Wildman–Crippen LogP) is 3.62. The fraction of sp³-hybridized carbons (Fsp3) is 0.333. The number of terminal acetylenes is 1. The average molecular weight is 486 g/mol. The molecule has 0 radical (unpaired) electrons. The van der Waals surface area contributed by atoms with Crippen LogP contribution in [-0.2, 0) is 21.4 Å². The number of aromatic nitrogens is 1. The summed E-state index contributed by atoms with van der Waals surface area (Å²) in [5.74, 6) is 1.51. The molecule has 0 N–H and O–H groups in total. The summed E-state index contributed by atoms with van der Waals surface area (Å²) in [7, 11) is -3.73. The van der Waals surface area contributed by atoms with E-state index in [2.05, 4.69) is 23.0 Å². The highest BCUT2D eigenvalue weighted by Gasteiger charge is 2.32. The van der Waals surface area contributed by atoms with Gasteiger partial charge in [0.05, 0.1) is 21.7 Å². The number of sulfonamides is 1. The summed E-state index contributed by atoms with van der Waals surface area (Å²) < 4.78 is 43.0. The van der Waals surface area contributed by atoms with Gasteiger partial charge in [-0.05, 0) is 74.2 Å². The first kappa shape index (κ1) is 23.4. The topological polar surface area (TPSA) is 71.7 Å². The van der Waals surface area contributed by atoms with Gasteiger partial charge in [0.2, 0.25) is 10.0 Å². The van der Waals surface area contributed by atoms with Gasteiger partial charge in [-0.25, -0.2) is 12.8 Å². The smallest absolute Gasteiger partial charge is 0.251 e. The van der Waals surface area contributed by atoms with E-state index in [1.807, 2.05) is 18.4 Å². The zero-order valence-corrected chi connectivity index (χ0v) is 20.0. The minimum absolute atomic E-state index is 0.0459. The fourth-order valence-corrected chi connectivity index (χ4v) is 6.52. The van der Waals surface area contributed by atoms with E-state index in [4.69, 9.17) is 6.42 Å². The molecule has 2 heterocycles. The average Bonchev–Trinajstić information content (AvgIpc) is 3.10. The van der Waals surface area contributed by atoms with Crippen molar-refractivity contribution in [3.8, 4) is 12.3 Å². The maximum absolute atomic E-state index is 13.2. The number of hydrogen-bond donors (Lipinski definition) is 0. The Morgan fingerprint density at radius 1 is 1.18 bits per heavy atom. The Bertz CT molecular complexity index is 1420. The number of thiazole rings is 1. The second-order valence-corrected chi connectivity index (χ2v) is 11.1. The first-order valence-electron chi connectivity index (χ1n) is 10.6. The molecule has 0 saturated carbocycles. The van der Waals surface area contributed by atoms with Gasteiger partial charge >= 0.3 is 0 Å². The number of nitrogens with zero attached hydrogens (tertiary/aromatic N) is 3. The molecule has 172 valence electrons. The molecule has 1 aromatic heterocycles. The largest absolute Gasteiger partial charge is 0.305 e. The molecule has 1 aliphatic heterocycles. The third kappa shape index (κ3) is 4.64. The van der Waals surface area contributed by atoms with Crippen LogP contribution in [0, 0.1) is 37.9 Å². The monoisotopic (exact) mass is 485 g/mol. The van der Waals surface area contributed by atoms with E-state index in [-0.39, 0.29) is 29.8 Å². The van der Waals surface area contributed by atoms with Crippen LogP contribution < -0.4 is 4.80 Å². The van der Waals surface area contributed by atoms with Gasteiger partial charge in [-0.3, -0.25) is 4.79 Å². The lowest BCUT2D eigenvalue weighted by atomic mass is 9.98. The molecule has 0 atom stereocenters. The van der Waals surface area contributed by atoms with Gasteiger partial charge in [0.1, 0.15) is 5.82 Å². The van der Waals surface area contributed by atoms with Crippen LogP contribution in [0.3, 0.4) is 0 Å². The third-order valence-corrected chi connectivity index (χ3v) is 8.96. The van der Waals surface area contributed by atoms with Crippen molar-refractivity contribution in [1.29, 1.82) is 0 Å². The maximum Gasteiger partial charge on any atom is 0.251 e. The van der Waals surface area contributed by atoms with Gasteiger partial charge in [-0.2, -0.15) is 9.30 Å². The van der Waals surface area contributed by atoms with Crippen molar-refractivity contribution in [2.75, 3.05) is 13.1 Å². The summed E-state index contributed by atoms with van der Waals surface area (Å²) in [6.45, 7) is 4.79. The van der Waals surface area contributed by atoms with Crippen LogP contribution in [0.25, 0.3) is 10.2 Å². The summed E-state index contributed by atoms with van der Waals surface area (Å²) in [5.41, 5.74) is 3.25. The zero-order valence-electron chi connectivity index (χ0n) is 18.4. The molecule has 6 nitrogen and oxygen atoms in total. The molecule has 4 rings (SSSR count). The molecule has 0 spiro atoms. The number of fused-ring (bicyclic) bond motifs is 1. The molecule has 1 amide bonds. The molecule has 1 fully saturated rings. The summed E-state index contributed by atoms with van der Waals surface area (Å²) in [6.07, 6.45) is 6.31. The third-order valence-electron chi connectivity index (χ3n) is 6.01. The van der Waals surface area contributed by atoms with Crippen LogP contribution in [0.15, 0.2) is 46.3 Å². The molecule has 0 aliphatic carbocycles. The predicted molar refractivity (Wildman–Crippen MR) is 127 cm³/mol. The Labute approximate surface area is 196 Å². The van der Waals surface area contributed by atoms with Crippen molar-refractivity contribution in [3.63, 3.8) is 0 Å². The summed E-state index contributed by atoms with van der Waals surface area (Å²) in [4.78, 5) is 18.0. The number of rotatable bonds is 4. The summed E-state index contributed by atoms with van der Waals surface area (Å²) in [5, 5.41) is 0. The number of hydrogen-bond acceptors (Lipinski definition) is 4. The molecule has 2 aromatic carbocycles. The van der Waals surface area contributed by atoms with Crippen LogP contribution in [0.5, 0.6) is 0 Å². The van der Waals surface area contributed by atoms with Gasteiger partial charge in [-0.15, -0.1) is 6.42 Å². The summed E-state index contributed by atoms with van der Waals surface area (Å²) >= 11 is 1.43. The van der Waals surface area contributed by atoms with E-state index in [9.17, 15) is 17.6 Å². The van der Waals surface area contributed by atoms with Crippen LogP contribution in [0.2, 0.25) is 0 Å². The first-order chi connectivity index (χ1) is 15.7. The van der Waals surface area contributed by atoms with Crippen LogP contribution >= 0.6 is 11.3 Å². The molecule has 9 heteroatoms. The Morgan fingerprint density at radius 3 is 2.45 bits per heavy atom. The Kier molecular flexibility index (Phi) is 6.52. The molecular formula is C24H24FN3O3S2. The fourth-order valence-electron chi connectivity index (χ4n) is 3.94. The van der Waals surface area contributed by atoms with E-state index in [0.717, 1.165) is 33.5 Å². The van der Waals surface area contributed by atoms with Crippen molar-refractivity contribution in [2.24, 2.45) is 10.9 Å². The van der Waals surface area contributed by atoms with Gasteiger partial charge < -0.3 is 4.57 Å². The molecule has 0 unspecified atom stereocenters. The quantitative estimate of drug-likeness (QED) is 0.530. The van der Waals surface area contributed by atoms with Crippen molar-refractivity contribution in [1.82, 2.24) is 8.87 Å². The normalized spacial score (nSPS) is 16.2. The zero-order chi connectivity index (χ0) is 23.8. The van der Waals surface area contributed by atoms with Crippen molar-refractivity contribution in [3.05, 3.63) is 58.1 Å². The van der Waals surface area contributed by atoms with Gasteiger partial charge in [-0.1, -0.05) is 17.3 Å². The molecule has 33 heavy (non-hydrogen) atoms. The van der Waals surface area contributed by atoms with Gasteiger partial charge in [0.15, 0.2) is 4.80 Å². The van der Waals surface area contributed by atoms with Crippen LogP contribution in [0.4, 0.5) is 4.39 Å². The van der Waals surface area contributed by atoms with Gasteiger partial charge in [0.25, 0.3) is 5.91 Å². The Morgan fingerprint density at radius 2 is 1.82 bits per heavy atom. The highest BCUT2D eigenvalue weighted by atomic mass is 32.2. The Hall–Kier alpha value is -2.80. The van der Waals surface area contributed by atoms with Crippen LogP contribution in [-0.4, -0.2) is 36.3 Å². The number of carbonyl (C=O) groups is 1. The van der Waals surface area contributed by atoms with Gasteiger partial charge in [0, 0.05) is 19.0 Å². The minimum atomic E-state index is -3.73. The lowest BCUT2D eigenvalue weighted by Gasteiger charge is -2.29. The number of benzene rings is 2. The molecule has 1 saturated heterocycles. The lowest BCUT2D eigenvalue weighted by molar-refractivity contribution is -0.122. The molecular weight excluding hydrogens is 461 g/mol. The van der Waals surface area contributed by atoms with Crippen molar-refractivity contribution < 1.29 is 17.6 Å². The maximum atomic E-state index is 13.2. The van der Waals surface area contributed by atoms with Crippen molar-refractivity contribution >= 4 is 37.5 Å². The lowest BCUT2D eigenvalue weighted by Crippen LogP contribution is -2.40. The number of halogens is 1. The second kappa shape index (κ2) is 9.21. The van der Waals surface area contributed by atoms with E-state index >= 15 is 0 Å². The number of piperidine rings is 1. The number of carbonyl (C=O) groups excluding carboxylic acids is 1. The summed E-state index contributed by atoms with van der Waals surface area (Å²) in [6, 6.07) is 8.90. The molecule has 0 bridgehead atoms. The molecule has 3 aromatic rings. The van der Waals surface area contributed by atoms with E-state index in [0.29, 0.717) is 24.2 Å². The standard InChI is InChI=1S/C24H24FN3O3S2/c1-4-11-28-21-14-16(2)17(3)15-22(21)32-24(28)26-23(29)18-9-12-27(13-10-18)33(30,31)20-7-5-19(25)6-8-20/h1,5-8,14-15,18H,9-13H2,2-3H3. The van der Waals surface area contributed by atoms with E-state index in [1.54, 1.807) is 0 Å². The second-order valence-electron chi connectivity index (χ2n) is 8.16. The number of aryl methyl sites for hydroxylation is 2. The Balaban J connectivity index is 1.55. The van der Waals surface area contributed by atoms with E-state index in [1.165, 1.54) is 27.8 Å². The minimum Gasteiger partial charge on any atom is -0.305 e. The SMILES string of the molecule is C#CCn1c(=NC(=O)C2CCN(S(=O)(=O)c3ccc(F)cc3)CC2)sc2cc(C)c(C)cc21. The first-order valence-corrected chi connectivity index (χ1v) is 12.8. The van der Waals surface area contributed by atoms with Crippen LogP contribution in [0.1, 0.15) is 24.0 Å². The molecule has 1 aliphatic rings. The highest BCUT2D eigenvalue weighted by Crippen LogP contribution is 2.26. The van der Waals surface area contributed by atoms with E-state index < -0.39 is 15.8 Å². The highest BCUT2D eigenvalue weighted by molar-refractivity contribution is 7.89. The van der Waals surface area contributed by atoms with Crippen molar-refractivity contribution in [2.45, 2.75) is 38.1 Å². The number of amides is 1.